The van der Waals surface area contributed by atoms with Gasteiger partial charge in [0, 0.05) is 18.4 Å². The lowest BCUT2D eigenvalue weighted by molar-refractivity contribution is 0.0984. The molecular weight excluding hydrogens is 404 g/mol. The Bertz CT molecular complexity index is 1230. The number of methoxy groups -OCH3 is 1. The number of carbonyl (C=O) groups is 1. The first kappa shape index (κ1) is 20.1. The molecule has 1 amide bonds. The molecule has 4 rings (SSSR count). The van der Waals surface area contributed by atoms with Crippen molar-refractivity contribution in [2.45, 2.75) is 18.2 Å². The number of amides is 1. The van der Waals surface area contributed by atoms with Crippen molar-refractivity contribution in [2.75, 3.05) is 25.6 Å². The molecule has 1 aliphatic heterocycles. The molecule has 2 heterocycles. The van der Waals surface area contributed by atoms with Gasteiger partial charge in [-0.1, -0.05) is 6.07 Å². The Labute approximate surface area is 175 Å². The molecule has 1 aromatic heterocycles. The summed E-state index contributed by atoms with van der Waals surface area (Å²) in [7, 11) is -0.564. The van der Waals surface area contributed by atoms with Gasteiger partial charge in [0.25, 0.3) is 5.91 Å². The van der Waals surface area contributed by atoms with E-state index in [1.54, 1.807) is 41.1 Å². The third kappa shape index (κ3) is 3.46. The van der Waals surface area contributed by atoms with E-state index in [0.29, 0.717) is 30.1 Å². The summed E-state index contributed by atoms with van der Waals surface area (Å²) in [5, 5.41) is 4.46. The highest BCUT2D eigenvalue weighted by Crippen LogP contribution is 2.31. The van der Waals surface area contributed by atoms with Crippen molar-refractivity contribution < 1.29 is 17.9 Å². The van der Waals surface area contributed by atoms with Gasteiger partial charge < -0.3 is 9.64 Å². The number of nitrogens with one attached hydrogen (secondary N) is 1. The van der Waals surface area contributed by atoms with Crippen molar-refractivity contribution in [3.63, 3.8) is 0 Å². The molecule has 2 aromatic carbocycles. The minimum absolute atomic E-state index is 0.189. The van der Waals surface area contributed by atoms with E-state index in [2.05, 4.69) is 9.82 Å². The van der Waals surface area contributed by atoms with Crippen LogP contribution in [0.15, 0.2) is 53.6 Å². The van der Waals surface area contributed by atoms with Gasteiger partial charge in [-0.15, -0.1) is 0 Å². The highest BCUT2D eigenvalue weighted by Gasteiger charge is 2.28. The van der Waals surface area contributed by atoms with Gasteiger partial charge in [-0.05, 0) is 67.9 Å². The Morgan fingerprint density at radius 1 is 1.13 bits per heavy atom. The molecule has 0 atom stereocenters. The lowest BCUT2D eigenvalue weighted by Crippen LogP contribution is -2.29. The molecular formula is C21H22N4O4S. The Morgan fingerprint density at radius 3 is 2.67 bits per heavy atom. The fourth-order valence-corrected chi connectivity index (χ4v) is 4.34. The molecule has 9 heteroatoms. The maximum Gasteiger partial charge on any atom is 0.278 e. The zero-order valence-electron chi connectivity index (χ0n) is 16.9. The van der Waals surface area contributed by atoms with Crippen LogP contribution in [0, 0.1) is 6.92 Å². The van der Waals surface area contributed by atoms with Crippen molar-refractivity contribution in [2.24, 2.45) is 0 Å². The van der Waals surface area contributed by atoms with Gasteiger partial charge in [0.05, 0.1) is 12.0 Å². The summed E-state index contributed by atoms with van der Waals surface area (Å²) < 4.78 is 33.4. The van der Waals surface area contributed by atoms with Crippen molar-refractivity contribution >= 4 is 21.6 Å². The topological polar surface area (TPSA) is 93.5 Å². The van der Waals surface area contributed by atoms with Crippen molar-refractivity contribution in [1.29, 1.82) is 0 Å². The Morgan fingerprint density at radius 2 is 1.93 bits per heavy atom. The van der Waals surface area contributed by atoms with Crippen LogP contribution < -0.4 is 14.4 Å². The SMILES string of the molecule is CNS(=O)(=O)c1ccc2c(c1)CCN2C(=O)c1ccn(-c2cc(C)ccc2OC)n1. The molecule has 0 spiro atoms. The molecule has 0 bridgehead atoms. The van der Waals surface area contributed by atoms with E-state index >= 15 is 0 Å². The number of rotatable bonds is 5. The maximum absolute atomic E-state index is 13.1. The fourth-order valence-electron chi connectivity index (χ4n) is 3.56. The van der Waals surface area contributed by atoms with E-state index in [1.807, 2.05) is 25.1 Å². The first-order chi connectivity index (χ1) is 14.3. The number of hydrogen-bond donors (Lipinski definition) is 1. The van der Waals surface area contributed by atoms with Gasteiger partial charge in [0.1, 0.15) is 11.4 Å². The Kier molecular flexibility index (Phi) is 5.08. The molecule has 0 radical (unpaired) electrons. The van der Waals surface area contributed by atoms with E-state index in [1.165, 1.54) is 13.1 Å². The third-order valence-electron chi connectivity index (χ3n) is 5.16. The molecule has 0 saturated heterocycles. The van der Waals surface area contributed by atoms with Crippen LogP contribution in [0.1, 0.15) is 21.6 Å². The summed E-state index contributed by atoms with van der Waals surface area (Å²) in [5.41, 5.74) is 3.63. The lowest BCUT2D eigenvalue weighted by Gasteiger charge is -2.16. The van der Waals surface area contributed by atoms with E-state index < -0.39 is 10.0 Å². The Hall–Kier alpha value is -3.17. The number of fused-ring (bicyclic) bond motifs is 1. The molecule has 0 saturated carbocycles. The zero-order chi connectivity index (χ0) is 21.5. The van der Waals surface area contributed by atoms with Gasteiger partial charge in [-0.3, -0.25) is 4.79 Å². The maximum atomic E-state index is 13.1. The molecule has 1 N–H and O–H groups in total. The van der Waals surface area contributed by atoms with Gasteiger partial charge in [0.2, 0.25) is 10.0 Å². The predicted molar refractivity (Wildman–Crippen MR) is 113 cm³/mol. The van der Waals surface area contributed by atoms with Crippen molar-refractivity contribution in [3.8, 4) is 11.4 Å². The number of ether oxygens (including phenoxy) is 1. The average Bonchev–Trinajstić information content (AvgIpc) is 3.40. The van der Waals surface area contributed by atoms with Crippen molar-refractivity contribution in [1.82, 2.24) is 14.5 Å². The van der Waals surface area contributed by atoms with Gasteiger partial charge in [-0.25, -0.2) is 17.8 Å². The van der Waals surface area contributed by atoms with Crippen LogP contribution in [0.25, 0.3) is 5.69 Å². The first-order valence-corrected chi connectivity index (χ1v) is 10.9. The fraction of sp³-hybridized carbons (Fsp3) is 0.238. The highest BCUT2D eigenvalue weighted by molar-refractivity contribution is 7.89. The molecule has 156 valence electrons. The van der Waals surface area contributed by atoms with Crippen LogP contribution >= 0.6 is 0 Å². The minimum atomic E-state index is -3.53. The highest BCUT2D eigenvalue weighted by atomic mass is 32.2. The molecule has 0 aliphatic carbocycles. The second-order valence-electron chi connectivity index (χ2n) is 7.03. The van der Waals surface area contributed by atoms with Crippen LogP contribution in [0.2, 0.25) is 0 Å². The molecule has 30 heavy (non-hydrogen) atoms. The molecule has 3 aromatic rings. The van der Waals surface area contributed by atoms with E-state index in [0.717, 1.165) is 16.8 Å². The third-order valence-corrected chi connectivity index (χ3v) is 6.57. The number of aromatic nitrogens is 2. The summed E-state index contributed by atoms with van der Waals surface area (Å²) >= 11 is 0. The molecule has 0 fully saturated rings. The van der Waals surface area contributed by atoms with Gasteiger partial charge in [0.15, 0.2) is 5.69 Å². The summed E-state index contributed by atoms with van der Waals surface area (Å²) in [4.78, 5) is 14.9. The molecule has 1 aliphatic rings. The number of sulfonamides is 1. The Balaban J connectivity index is 1.63. The number of carbonyl (C=O) groups excluding carboxylic acids is 1. The summed E-state index contributed by atoms with van der Waals surface area (Å²) in [6.07, 6.45) is 2.31. The van der Waals surface area contributed by atoms with Gasteiger partial charge >= 0.3 is 0 Å². The smallest absolute Gasteiger partial charge is 0.278 e. The molecule has 0 unspecified atom stereocenters. The van der Waals surface area contributed by atoms with E-state index in [-0.39, 0.29) is 10.8 Å². The van der Waals surface area contributed by atoms with E-state index in [9.17, 15) is 13.2 Å². The number of benzene rings is 2. The summed E-state index contributed by atoms with van der Waals surface area (Å²) in [6, 6.07) is 12.2. The van der Waals surface area contributed by atoms with Crippen LogP contribution in [0.4, 0.5) is 5.69 Å². The standard InChI is InChI=1S/C21H22N4O4S/c1-14-4-7-20(29-3)19(12-14)25-11-9-17(23-25)21(26)24-10-8-15-13-16(5-6-18(15)24)30(27,28)22-2/h4-7,9,11-13,22H,8,10H2,1-3H3. The average molecular weight is 426 g/mol. The quantitative estimate of drug-likeness (QED) is 0.676. The lowest BCUT2D eigenvalue weighted by atomic mass is 10.2. The molecule has 8 nitrogen and oxygen atoms in total. The first-order valence-electron chi connectivity index (χ1n) is 9.43. The normalized spacial score (nSPS) is 13.4. The monoisotopic (exact) mass is 426 g/mol. The van der Waals surface area contributed by atoms with Crippen LogP contribution in [-0.2, 0) is 16.4 Å². The second-order valence-corrected chi connectivity index (χ2v) is 8.91. The van der Waals surface area contributed by atoms with Crippen LogP contribution in [0.3, 0.4) is 0 Å². The zero-order valence-corrected chi connectivity index (χ0v) is 17.7. The summed E-state index contributed by atoms with van der Waals surface area (Å²) in [6.45, 7) is 2.44. The number of anilines is 1. The number of aryl methyl sites for hydroxylation is 1. The predicted octanol–water partition coefficient (Wildman–Crippen LogP) is 2.30. The van der Waals surface area contributed by atoms with Crippen molar-refractivity contribution in [3.05, 3.63) is 65.5 Å². The van der Waals surface area contributed by atoms with Crippen LogP contribution in [0.5, 0.6) is 5.75 Å². The minimum Gasteiger partial charge on any atom is -0.494 e. The summed E-state index contributed by atoms with van der Waals surface area (Å²) in [5.74, 6) is 0.427. The van der Waals surface area contributed by atoms with E-state index in [4.69, 9.17) is 4.74 Å². The van der Waals surface area contributed by atoms with Gasteiger partial charge in [-0.2, -0.15) is 5.10 Å². The second kappa shape index (κ2) is 7.58. The largest absolute Gasteiger partial charge is 0.494 e. The number of nitrogens with zero attached hydrogens (tertiary/aromatic N) is 3. The number of hydrogen-bond acceptors (Lipinski definition) is 5. The van der Waals surface area contributed by atoms with Crippen LogP contribution in [-0.4, -0.2) is 44.8 Å².